The Hall–Kier alpha value is -2.09. The summed E-state index contributed by atoms with van der Waals surface area (Å²) in [5.41, 5.74) is 1.35. The van der Waals surface area contributed by atoms with Crippen molar-refractivity contribution >= 4 is 0 Å². The van der Waals surface area contributed by atoms with Crippen molar-refractivity contribution in [2.24, 2.45) is 5.41 Å². The quantitative estimate of drug-likeness (QED) is 0.859. The van der Waals surface area contributed by atoms with Crippen LogP contribution in [0.1, 0.15) is 32.3 Å². The smallest absolute Gasteiger partial charge is 0.259 e. The average molecular weight is 230 g/mol. The molecular weight excluding hydrogens is 216 g/mol. The molecule has 2 heterocycles. The zero-order valence-corrected chi connectivity index (χ0v) is 10.1. The van der Waals surface area contributed by atoms with Gasteiger partial charge in [-0.15, -0.1) is 0 Å². The van der Waals surface area contributed by atoms with E-state index in [4.69, 9.17) is 9.78 Å². The Balaban J connectivity index is 2.21. The van der Waals surface area contributed by atoms with E-state index in [0.29, 0.717) is 17.4 Å². The van der Waals surface area contributed by atoms with E-state index in [0.717, 1.165) is 12.0 Å². The number of hydrogen-bond acceptors (Lipinski definition) is 4. The first-order valence-corrected chi connectivity index (χ1v) is 5.39. The maximum atomic E-state index is 8.71. The third-order valence-electron chi connectivity index (χ3n) is 2.21. The lowest BCUT2D eigenvalue weighted by Gasteiger charge is -2.14. The summed E-state index contributed by atoms with van der Waals surface area (Å²) in [4.78, 5) is 7.13. The van der Waals surface area contributed by atoms with E-state index in [1.165, 1.54) is 0 Å². The normalized spacial score (nSPS) is 11.4. The van der Waals surface area contributed by atoms with Crippen LogP contribution in [-0.2, 0) is 6.42 Å². The highest BCUT2D eigenvalue weighted by Crippen LogP contribution is 2.22. The summed E-state index contributed by atoms with van der Waals surface area (Å²) in [6, 6.07) is 3.71. The Morgan fingerprint density at radius 1 is 1.47 bits per heavy atom. The number of hydrogen-bond donors (Lipinski definition) is 1. The van der Waals surface area contributed by atoms with Gasteiger partial charge in [-0.3, -0.25) is 0 Å². The van der Waals surface area contributed by atoms with Gasteiger partial charge >= 0.3 is 0 Å². The lowest BCUT2D eigenvalue weighted by Crippen LogP contribution is -2.10. The van der Waals surface area contributed by atoms with Crippen LogP contribution in [-0.4, -0.2) is 15.1 Å². The number of nitrogens with one attached hydrogen (secondary N) is 1. The Labute approximate surface area is 99.5 Å². The van der Waals surface area contributed by atoms with Gasteiger partial charge in [0, 0.05) is 12.6 Å². The van der Waals surface area contributed by atoms with E-state index in [2.05, 4.69) is 35.9 Å². The van der Waals surface area contributed by atoms with Gasteiger partial charge in [0.15, 0.2) is 5.82 Å². The molecule has 1 N–H and O–H groups in total. The lowest BCUT2D eigenvalue weighted by atomic mass is 9.92. The number of rotatable bonds is 2. The summed E-state index contributed by atoms with van der Waals surface area (Å²) >= 11 is 0. The monoisotopic (exact) mass is 230 g/mol. The molecule has 0 aliphatic heterocycles. The Kier molecular flexibility index (Phi) is 2.72. The van der Waals surface area contributed by atoms with Crippen molar-refractivity contribution in [3.8, 4) is 17.5 Å². The fourth-order valence-corrected chi connectivity index (χ4v) is 1.50. The first kappa shape index (κ1) is 11.4. The molecule has 0 saturated heterocycles. The van der Waals surface area contributed by atoms with Crippen molar-refractivity contribution in [3.05, 3.63) is 23.8 Å². The molecule has 5 nitrogen and oxygen atoms in total. The summed E-state index contributed by atoms with van der Waals surface area (Å²) in [5, 5.41) is 12.6. The molecule has 0 saturated carbocycles. The second kappa shape index (κ2) is 4.06. The van der Waals surface area contributed by atoms with Crippen LogP contribution in [0.4, 0.5) is 0 Å². The zero-order chi connectivity index (χ0) is 12.5. The van der Waals surface area contributed by atoms with Crippen molar-refractivity contribution in [1.82, 2.24) is 15.1 Å². The SMILES string of the molecule is CC(C)(C)Cc1noc(-c2c[nH]c(C#N)c2)n1. The van der Waals surface area contributed by atoms with Crippen LogP contribution in [0.3, 0.4) is 0 Å². The van der Waals surface area contributed by atoms with Gasteiger partial charge in [0.1, 0.15) is 11.8 Å². The topological polar surface area (TPSA) is 78.5 Å². The molecule has 5 heteroatoms. The maximum absolute atomic E-state index is 8.71. The summed E-state index contributed by atoms with van der Waals surface area (Å²) in [7, 11) is 0. The first-order valence-electron chi connectivity index (χ1n) is 5.39. The number of nitrogens with zero attached hydrogens (tertiary/aromatic N) is 3. The molecule has 0 radical (unpaired) electrons. The van der Waals surface area contributed by atoms with Gasteiger partial charge in [-0.1, -0.05) is 25.9 Å². The van der Waals surface area contributed by atoms with E-state index >= 15 is 0 Å². The maximum Gasteiger partial charge on any atom is 0.259 e. The fraction of sp³-hybridized carbons (Fsp3) is 0.417. The highest BCUT2D eigenvalue weighted by atomic mass is 16.5. The summed E-state index contributed by atoms with van der Waals surface area (Å²) in [6.07, 6.45) is 2.44. The molecule has 0 spiro atoms. The van der Waals surface area contributed by atoms with Gasteiger partial charge in [0.2, 0.25) is 0 Å². The minimum Gasteiger partial charge on any atom is -0.352 e. The van der Waals surface area contributed by atoms with E-state index in [-0.39, 0.29) is 5.41 Å². The van der Waals surface area contributed by atoms with Crippen molar-refractivity contribution in [2.75, 3.05) is 0 Å². The Bertz CT molecular complexity index is 554. The molecule has 0 unspecified atom stereocenters. The van der Waals surface area contributed by atoms with Crippen molar-refractivity contribution < 1.29 is 4.52 Å². The highest BCUT2D eigenvalue weighted by Gasteiger charge is 2.17. The van der Waals surface area contributed by atoms with Crippen molar-refractivity contribution in [2.45, 2.75) is 27.2 Å². The van der Waals surface area contributed by atoms with E-state index in [1.807, 2.05) is 6.07 Å². The second-order valence-electron chi connectivity index (χ2n) is 5.17. The average Bonchev–Trinajstić information content (AvgIpc) is 2.82. The third-order valence-corrected chi connectivity index (χ3v) is 2.21. The van der Waals surface area contributed by atoms with Gasteiger partial charge in [-0.05, 0) is 11.5 Å². The molecule has 2 aromatic rings. The molecule has 0 aromatic carbocycles. The first-order chi connectivity index (χ1) is 7.98. The highest BCUT2D eigenvalue weighted by molar-refractivity contribution is 5.54. The van der Waals surface area contributed by atoms with Crippen molar-refractivity contribution in [1.29, 1.82) is 5.26 Å². The van der Waals surface area contributed by atoms with Gasteiger partial charge in [-0.2, -0.15) is 10.2 Å². The predicted molar refractivity (Wildman–Crippen MR) is 62.0 cm³/mol. The number of nitriles is 1. The van der Waals surface area contributed by atoms with Crippen LogP contribution < -0.4 is 0 Å². The van der Waals surface area contributed by atoms with Gasteiger partial charge in [0.25, 0.3) is 5.89 Å². The summed E-state index contributed by atoms with van der Waals surface area (Å²) in [5.74, 6) is 1.13. The van der Waals surface area contributed by atoms with Crippen LogP contribution in [0.5, 0.6) is 0 Å². The molecule has 0 atom stereocenters. The summed E-state index contributed by atoms with van der Waals surface area (Å²) in [6.45, 7) is 6.35. The van der Waals surface area contributed by atoms with E-state index < -0.39 is 0 Å². The van der Waals surface area contributed by atoms with Crippen LogP contribution in [0, 0.1) is 16.7 Å². The molecule has 17 heavy (non-hydrogen) atoms. The lowest BCUT2D eigenvalue weighted by molar-refractivity contribution is 0.374. The Morgan fingerprint density at radius 2 is 2.24 bits per heavy atom. The third kappa shape index (κ3) is 2.72. The fourth-order valence-electron chi connectivity index (χ4n) is 1.50. The molecule has 2 rings (SSSR count). The molecule has 0 fully saturated rings. The van der Waals surface area contributed by atoms with Crippen LogP contribution >= 0.6 is 0 Å². The van der Waals surface area contributed by atoms with E-state index in [9.17, 15) is 0 Å². The Morgan fingerprint density at radius 3 is 2.82 bits per heavy atom. The molecule has 0 bridgehead atoms. The largest absolute Gasteiger partial charge is 0.352 e. The zero-order valence-electron chi connectivity index (χ0n) is 10.1. The molecule has 0 aliphatic rings. The van der Waals surface area contributed by atoms with Crippen LogP contribution in [0.15, 0.2) is 16.8 Å². The standard InChI is InChI=1S/C12H14N4O/c1-12(2,3)5-10-15-11(17-16-10)8-4-9(6-13)14-7-8/h4,7,14H,5H2,1-3H3. The molecule has 88 valence electrons. The van der Waals surface area contributed by atoms with Gasteiger partial charge < -0.3 is 9.51 Å². The second-order valence-corrected chi connectivity index (χ2v) is 5.17. The van der Waals surface area contributed by atoms with E-state index in [1.54, 1.807) is 12.3 Å². The van der Waals surface area contributed by atoms with Crippen LogP contribution in [0.25, 0.3) is 11.5 Å². The van der Waals surface area contributed by atoms with Gasteiger partial charge in [0.05, 0.1) is 5.56 Å². The molecule has 2 aromatic heterocycles. The summed E-state index contributed by atoms with van der Waals surface area (Å²) < 4.78 is 5.16. The van der Waals surface area contributed by atoms with Crippen LogP contribution in [0.2, 0.25) is 0 Å². The van der Waals surface area contributed by atoms with Crippen molar-refractivity contribution in [3.63, 3.8) is 0 Å². The number of H-pyrrole nitrogens is 1. The minimum absolute atomic E-state index is 0.122. The number of aromatic nitrogens is 3. The van der Waals surface area contributed by atoms with Gasteiger partial charge in [-0.25, -0.2) is 0 Å². The molecular formula is C12H14N4O. The molecule has 0 aliphatic carbocycles. The number of aromatic amines is 1. The molecule has 0 amide bonds. The minimum atomic E-state index is 0.122. The predicted octanol–water partition coefficient (Wildman–Crippen LogP) is 2.52.